The van der Waals surface area contributed by atoms with Gasteiger partial charge in [-0.1, -0.05) is 39.0 Å². The van der Waals surface area contributed by atoms with Crippen LogP contribution in [0.5, 0.6) is 11.5 Å². The number of aromatic nitrogens is 1. The quantitative estimate of drug-likeness (QED) is 0.502. The number of hydrogen-bond acceptors (Lipinski definition) is 3. The fourth-order valence-electron chi connectivity index (χ4n) is 2.39. The molecule has 0 saturated carbocycles. The van der Waals surface area contributed by atoms with Gasteiger partial charge in [-0.25, -0.2) is 4.98 Å². The van der Waals surface area contributed by atoms with Crippen molar-refractivity contribution in [2.24, 2.45) is 0 Å². The van der Waals surface area contributed by atoms with Crippen molar-refractivity contribution in [2.45, 2.75) is 45.4 Å². The molecule has 0 atom stereocenters. The molecule has 0 spiro atoms. The number of aromatic hydroxyl groups is 1. The number of benzene rings is 1. The smallest absolute Gasteiger partial charge is 0.255 e. The highest BCUT2D eigenvalue weighted by atomic mass is 19.1. The van der Waals surface area contributed by atoms with Crippen LogP contribution in [0.15, 0.2) is 36.4 Å². The summed E-state index contributed by atoms with van der Waals surface area (Å²) >= 11 is 0. The molecule has 1 aromatic carbocycles. The fraction of sp³-hybridized carbons (Fsp3) is 0.421. The Morgan fingerprint density at radius 3 is 2.35 bits per heavy atom. The molecule has 2 rings (SSSR count). The van der Waals surface area contributed by atoms with Gasteiger partial charge in [0.2, 0.25) is 0 Å². The van der Waals surface area contributed by atoms with Crippen LogP contribution in [0.4, 0.5) is 4.39 Å². The van der Waals surface area contributed by atoms with Gasteiger partial charge in [0.05, 0.1) is 12.3 Å². The third-order valence-electron chi connectivity index (χ3n) is 3.73. The van der Waals surface area contributed by atoms with Gasteiger partial charge in [-0.05, 0) is 42.8 Å². The molecule has 0 saturated heterocycles. The molecule has 0 unspecified atom stereocenters. The lowest BCUT2D eigenvalue weighted by Gasteiger charge is -2.08. The number of unbranched alkanes of at least 4 members (excludes halogenated alkanes) is 5. The van der Waals surface area contributed by atoms with Crippen LogP contribution < -0.4 is 4.74 Å². The second kappa shape index (κ2) is 9.13. The number of hydrogen-bond donors (Lipinski definition) is 1. The Balaban J connectivity index is 1.83. The van der Waals surface area contributed by atoms with Gasteiger partial charge in [-0.15, -0.1) is 0 Å². The Morgan fingerprint density at radius 1 is 0.957 bits per heavy atom. The van der Waals surface area contributed by atoms with Crippen LogP contribution in [0, 0.1) is 5.95 Å². The van der Waals surface area contributed by atoms with Crippen LogP contribution >= 0.6 is 0 Å². The lowest BCUT2D eigenvalue weighted by Crippen LogP contribution is -2.01. The van der Waals surface area contributed by atoms with E-state index >= 15 is 0 Å². The molecule has 4 heteroatoms. The first-order valence-corrected chi connectivity index (χ1v) is 8.29. The molecule has 0 fully saturated rings. The minimum absolute atomic E-state index is 0.174. The first kappa shape index (κ1) is 17.3. The van der Waals surface area contributed by atoms with Crippen molar-refractivity contribution in [2.75, 3.05) is 6.61 Å². The van der Waals surface area contributed by atoms with Crippen LogP contribution in [-0.4, -0.2) is 16.7 Å². The second-order valence-electron chi connectivity index (χ2n) is 5.65. The summed E-state index contributed by atoms with van der Waals surface area (Å²) in [5, 5.41) is 9.28. The maximum Gasteiger partial charge on any atom is 0.255 e. The maximum absolute atomic E-state index is 14.0. The topological polar surface area (TPSA) is 42.4 Å². The van der Waals surface area contributed by atoms with E-state index in [-0.39, 0.29) is 11.5 Å². The zero-order valence-corrected chi connectivity index (χ0v) is 13.6. The summed E-state index contributed by atoms with van der Waals surface area (Å²) in [5.74, 6) is -0.226. The van der Waals surface area contributed by atoms with Gasteiger partial charge in [-0.2, -0.15) is 4.39 Å². The van der Waals surface area contributed by atoms with Crippen molar-refractivity contribution in [3.8, 4) is 22.8 Å². The van der Waals surface area contributed by atoms with E-state index < -0.39 is 5.95 Å². The Bertz CT molecular complexity index is 599. The van der Waals surface area contributed by atoms with Gasteiger partial charge in [-0.3, -0.25) is 0 Å². The standard InChI is InChI=1S/C19H24FNO2/c1-2-3-4-5-6-7-14-23-18-13-12-17(21-19(18)20)15-8-10-16(22)11-9-15/h8-13,22H,2-7,14H2,1H3. The molecular weight excluding hydrogens is 293 g/mol. The van der Waals surface area contributed by atoms with Crippen molar-refractivity contribution in [1.82, 2.24) is 4.98 Å². The Kier molecular flexibility index (Phi) is 6.85. The van der Waals surface area contributed by atoms with Crippen molar-refractivity contribution < 1.29 is 14.2 Å². The molecule has 124 valence electrons. The lowest BCUT2D eigenvalue weighted by atomic mass is 10.1. The van der Waals surface area contributed by atoms with Gasteiger partial charge < -0.3 is 9.84 Å². The zero-order chi connectivity index (χ0) is 16.5. The average molecular weight is 317 g/mol. The molecule has 1 aromatic heterocycles. The summed E-state index contributed by atoms with van der Waals surface area (Å²) < 4.78 is 19.5. The minimum atomic E-state index is -0.596. The monoisotopic (exact) mass is 317 g/mol. The molecule has 0 aliphatic rings. The van der Waals surface area contributed by atoms with Crippen molar-refractivity contribution >= 4 is 0 Å². The van der Waals surface area contributed by atoms with E-state index in [0.717, 1.165) is 18.4 Å². The number of rotatable bonds is 9. The van der Waals surface area contributed by atoms with Gasteiger partial charge in [0, 0.05) is 5.56 Å². The molecule has 0 bridgehead atoms. The number of pyridine rings is 1. The van der Waals surface area contributed by atoms with Crippen molar-refractivity contribution in [3.63, 3.8) is 0 Å². The highest BCUT2D eigenvalue weighted by Crippen LogP contribution is 2.24. The Labute approximate surface area is 137 Å². The summed E-state index contributed by atoms with van der Waals surface area (Å²) in [6.45, 7) is 2.71. The minimum Gasteiger partial charge on any atom is -0.508 e. The van der Waals surface area contributed by atoms with Crippen molar-refractivity contribution in [3.05, 3.63) is 42.3 Å². The van der Waals surface area contributed by atoms with Crippen LogP contribution in [0.1, 0.15) is 45.4 Å². The molecule has 3 nitrogen and oxygen atoms in total. The molecular formula is C19H24FNO2. The van der Waals surface area contributed by atoms with Gasteiger partial charge >= 0.3 is 0 Å². The Morgan fingerprint density at radius 2 is 1.65 bits per heavy atom. The first-order valence-electron chi connectivity index (χ1n) is 8.29. The van der Waals surface area contributed by atoms with Crippen LogP contribution in [0.25, 0.3) is 11.3 Å². The molecule has 1 heterocycles. The van der Waals surface area contributed by atoms with E-state index in [1.54, 1.807) is 36.4 Å². The van der Waals surface area contributed by atoms with Crippen molar-refractivity contribution in [1.29, 1.82) is 0 Å². The highest BCUT2D eigenvalue weighted by molar-refractivity contribution is 5.60. The van der Waals surface area contributed by atoms with Crippen LogP contribution in [-0.2, 0) is 0 Å². The highest BCUT2D eigenvalue weighted by Gasteiger charge is 2.08. The third kappa shape index (κ3) is 5.55. The largest absolute Gasteiger partial charge is 0.508 e. The lowest BCUT2D eigenvalue weighted by molar-refractivity contribution is 0.286. The van der Waals surface area contributed by atoms with Crippen LogP contribution in [0.2, 0.25) is 0 Å². The summed E-state index contributed by atoms with van der Waals surface area (Å²) in [7, 11) is 0. The van der Waals surface area contributed by atoms with E-state index in [1.807, 2.05) is 0 Å². The molecule has 0 aliphatic carbocycles. The number of nitrogens with zero attached hydrogens (tertiary/aromatic N) is 1. The third-order valence-corrected chi connectivity index (χ3v) is 3.73. The number of halogens is 1. The predicted octanol–water partition coefficient (Wildman–Crippen LogP) is 5.33. The summed E-state index contributed by atoms with van der Waals surface area (Å²) in [4.78, 5) is 3.94. The summed E-state index contributed by atoms with van der Waals surface area (Å²) in [5.41, 5.74) is 1.28. The van der Waals surface area contributed by atoms with Gasteiger partial charge in [0.25, 0.3) is 5.95 Å². The molecule has 23 heavy (non-hydrogen) atoms. The molecule has 0 aliphatic heterocycles. The van der Waals surface area contributed by atoms with E-state index in [4.69, 9.17) is 4.74 Å². The second-order valence-corrected chi connectivity index (χ2v) is 5.65. The summed E-state index contributed by atoms with van der Waals surface area (Å²) in [6, 6.07) is 9.85. The van der Waals surface area contributed by atoms with E-state index in [1.165, 1.54) is 25.7 Å². The van der Waals surface area contributed by atoms with E-state index in [9.17, 15) is 9.50 Å². The van der Waals surface area contributed by atoms with E-state index in [2.05, 4.69) is 11.9 Å². The SMILES string of the molecule is CCCCCCCCOc1ccc(-c2ccc(O)cc2)nc1F. The summed E-state index contributed by atoms with van der Waals surface area (Å²) in [6.07, 6.45) is 7.02. The molecule has 0 radical (unpaired) electrons. The zero-order valence-electron chi connectivity index (χ0n) is 13.6. The number of ether oxygens (including phenoxy) is 1. The van der Waals surface area contributed by atoms with E-state index in [0.29, 0.717) is 12.3 Å². The Hall–Kier alpha value is -2.10. The average Bonchev–Trinajstić information content (AvgIpc) is 2.56. The predicted molar refractivity (Wildman–Crippen MR) is 90.2 cm³/mol. The normalized spacial score (nSPS) is 10.7. The molecule has 1 N–H and O–H groups in total. The first-order chi connectivity index (χ1) is 11.2. The maximum atomic E-state index is 14.0. The van der Waals surface area contributed by atoms with Gasteiger partial charge in [0.1, 0.15) is 5.75 Å². The number of phenolic OH excluding ortho intramolecular Hbond substituents is 1. The molecule has 2 aromatic rings. The fourth-order valence-corrected chi connectivity index (χ4v) is 2.39. The van der Waals surface area contributed by atoms with Crippen LogP contribution in [0.3, 0.4) is 0 Å². The molecule has 0 amide bonds. The number of phenols is 1. The van der Waals surface area contributed by atoms with Gasteiger partial charge in [0.15, 0.2) is 5.75 Å².